The van der Waals surface area contributed by atoms with Gasteiger partial charge >= 0.3 is 0 Å². The van der Waals surface area contributed by atoms with Gasteiger partial charge in [0.05, 0.1) is 11.6 Å². The predicted molar refractivity (Wildman–Crippen MR) is 77.7 cm³/mol. The summed E-state index contributed by atoms with van der Waals surface area (Å²) in [6.07, 6.45) is 2.58. The van der Waals surface area contributed by atoms with E-state index in [4.69, 9.17) is 26.8 Å². The summed E-state index contributed by atoms with van der Waals surface area (Å²) >= 11 is 6.03. The second-order valence-electron chi connectivity index (χ2n) is 4.16. The van der Waals surface area contributed by atoms with Crippen molar-refractivity contribution in [3.8, 4) is 0 Å². The van der Waals surface area contributed by atoms with Crippen molar-refractivity contribution in [1.29, 1.82) is 0 Å². The fourth-order valence-corrected chi connectivity index (χ4v) is 1.92. The number of nitrogens with two attached hydrogens (primary N) is 1. The number of halogens is 1. The second-order valence-corrected chi connectivity index (χ2v) is 4.57. The smallest absolute Gasteiger partial charge is 0.128 e. The van der Waals surface area contributed by atoms with E-state index >= 15 is 0 Å². The molecule has 0 unspecified atom stereocenters. The number of nitrogens with zero attached hydrogens (tertiary/aromatic N) is 2. The lowest BCUT2D eigenvalue weighted by Crippen LogP contribution is -2.30. The second kappa shape index (κ2) is 9.09. The van der Waals surface area contributed by atoms with Gasteiger partial charge in [0.15, 0.2) is 0 Å². The van der Waals surface area contributed by atoms with Gasteiger partial charge in [-0.2, -0.15) is 0 Å². The molecular formula is C13H22ClN3O2. The molecule has 0 aliphatic heterocycles. The van der Waals surface area contributed by atoms with Gasteiger partial charge in [-0.3, -0.25) is 0 Å². The third-order valence-electron chi connectivity index (χ3n) is 2.81. The number of hydrogen-bond acceptors (Lipinski definition) is 5. The van der Waals surface area contributed by atoms with Crippen LogP contribution in [0.15, 0.2) is 12.3 Å². The number of aromatic nitrogens is 1. The Bertz CT molecular complexity index is 377. The van der Waals surface area contributed by atoms with Crippen LogP contribution in [0, 0.1) is 0 Å². The van der Waals surface area contributed by atoms with Crippen molar-refractivity contribution in [3.63, 3.8) is 0 Å². The summed E-state index contributed by atoms with van der Waals surface area (Å²) in [5.74, 6) is 0.873. The van der Waals surface area contributed by atoms with Crippen LogP contribution >= 0.6 is 11.6 Å². The molecule has 1 aromatic heterocycles. The predicted octanol–water partition coefficient (Wildman–Crippen LogP) is 1.68. The van der Waals surface area contributed by atoms with Crippen LogP contribution in [0.4, 0.5) is 5.82 Å². The lowest BCUT2D eigenvalue weighted by Gasteiger charge is -2.24. The zero-order chi connectivity index (χ0) is 14.1. The number of anilines is 1. The van der Waals surface area contributed by atoms with Gasteiger partial charge in [0, 0.05) is 46.7 Å². The summed E-state index contributed by atoms with van der Waals surface area (Å²) < 4.78 is 10.2. The van der Waals surface area contributed by atoms with Crippen molar-refractivity contribution < 1.29 is 9.47 Å². The molecule has 0 saturated carbocycles. The molecule has 5 nitrogen and oxygen atoms in total. The van der Waals surface area contributed by atoms with E-state index in [0.29, 0.717) is 18.2 Å². The molecule has 0 radical (unpaired) electrons. The van der Waals surface area contributed by atoms with Crippen LogP contribution in [0.5, 0.6) is 0 Å². The topological polar surface area (TPSA) is 60.6 Å². The van der Waals surface area contributed by atoms with Crippen molar-refractivity contribution in [3.05, 3.63) is 22.8 Å². The highest BCUT2D eigenvalue weighted by molar-refractivity contribution is 6.31. The highest BCUT2D eigenvalue weighted by Gasteiger charge is 2.10. The molecule has 0 spiro atoms. The molecule has 1 rings (SSSR count). The Kier molecular flexibility index (Phi) is 7.74. The van der Waals surface area contributed by atoms with Gasteiger partial charge in [0.25, 0.3) is 0 Å². The molecule has 2 N–H and O–H groups in total. The quantitative estimate of drug-likeness (QED) is 0.700. The monoisotopic (exact) mass is 287 g/mol. The van der Waals surface area contributed by atoms with Crippen molar-refractivity contribution in [2.75, 3.05) is 45.4 Å². The first kappa shape index (κ1) is 16.2. The fourth-order valence-electron chi connectivity index (χ4n) is 1.74. The molecule has 19 heavy (non-hydrogen) atoms. The molecule has 0 aliphatic carbocycles. The third-order valence-corrected chi connectivity index (χ3v) is 3.15. The Hall–Kier alpha value is -0.880. The molecule has 0 bridgehead atoms. The average molecular weight is 288 g/mol. The van der Waals surface area contributed by atoms with E-state index in [1.54, 1.807) is 20.4 Å². The molecule has 0 atom stereocenters. The molecule has 0 aromatic carbocycles. The first-order valence-corrected chi connectivity index (χ1v) is 6.68. The van der Waals surface area contributed by atoms with E-state index in [1.807, 2.05) is 6.07 Å². The van der Waals surface area contributed by atoms with Gasteiger partial charge in [-0.1, -0.05) is 11.6 Å². The van der Waals surface area contributed by atoms with Gasteiger partial charge in [0.1, 0.15) is 5.82 Å². The summed E-state index contributed by atoms with van der Waals surface area (Å²) in [6.45, 7) is 3.41. The number of methoxy groups -OCH3 is 2. The maximum Gasteiger partial charge on any atom is 0.128 e. The SMILES string of the molecule is COCCCN(CCOC)c1cc(CN)c(Cl)cn1. The maximum absolute atomic E-state index is 6.03. The van der Waals surface area contributed by atoms with E-state index in [0.717, 1.165) is 37.5 Å². The molecular weight excluding hydrogens is 266 g/mol. The van der Waals surface area contributed by atoms with Crippen molar-refractivity contribution in [2.45, 2.75) is 13.0 Å². The lowest BCUT2D eigenvalue weighted by atomic mass is 10.2. The average Bonchev–Trinajstić information content (AvgIpc) is 2.43. The Balaban J connectivity index is 2.76. The van der Waals surface area contributed by atoms with Crippen molar-refractivity contribution in [1.82, 2.24) is 4.98 Å². The van der Waals surface area contributed by atoms with Crippen LogP contribution in [-0.4, -0.2) is 45.5 Å². The van der Waals surface area contributed by atoms with Crippen LogP contribution in [0.2, 0.25) is 5.02 Å². The maximum atomic E-state index is 6.03. The summed E-state index contributed by atoms with van der Waals surface area (Å²) in [6, 6.07) is 1.94. The van der Waals surface area contributed by atoms with Crippen LogP contribution in [-0.2, 0) is 16.0 Å². The molecule has 0 aliphatic rings. The standard InChI is InChI=1S/C13H22ClN3O2/c1-18-6-3-4-17(5-7-19-2)13-8-11(9-15)12(14)10-16-13/h8,10H,3-7,9,15H2,1-2H3. The number of hydrogen-bond donors (Lipinski definition) is 1. The molecule has 108 valence electrons. The highest BCUT2D eigenvalue weighted by Crippen LogP contribution is 2.20. The van der Waals surface area contributed by atoms with Crippen molar-refractivity contribution >= 4 is 17.4 Å². The van der Waals surface area contributed by atoms with Crippen LogP contribution in [0.3, 0.4) is 0 Å². The molecule has 0 saturated heterocycles. The highest BCUT2D eigenvalue weighted by atomic mass is 35.5. The Morgan fingerprint density at radius 1 is 1.26 bits per heavy atom. The Morgan fingerprint density at radius 3 is 2.63 bits per heavy atom. The number of ether oxygens (including phenoxy) is 2. The van der Waals surface area contributed by atoms with Crippen LogP contribution in [0.1, 0.15) is 12.0 Å². The lowest BCUT2D eigenvalue weighted by molar-refractivity contribution is 0.191. The molecule has 6 heteroatoms. The summed E-state index contributed by atoms with van der Waals surface area (Å²) in [4.78, 5) is 6.51. The van der Waals surface area contributed by atoms with E-state index in [2.05, 4.69) is 9.88 Å². The van der Waals surface area contributed by atoms with Gasteiger partial charge in [-0.15, -0.1) is 0 Å². The minimum absolute atomic E-state index is 0.407. The van der Waals surface area contributed by atoms with E-state index in [9.17, 15) is 0 Å². The Labute approximate surface area is 119 Å². The van der Waals surface area contributed by atoms with Crippen LogP contribution < -0.4 is 10.6 Å². The minimum atomic E-state index is 0.407. The van der Waals surface area contributed by atoms with Crippen molar-refractivity contribution in [2.24, 2.45) is 5.73 Å². The zero-order valence-corrected chi connectivity index (χ0v) is 12.3. The number of pyridine rings is 1. The largest absolute Gasteiger partial charge is 0.385 e. The van der Waals surface area contributed by atoms with Gasteiger partial charge < -0.3 is 20.1 Å². The van der Waals surface area contributed by atoms with Gasteiger partial charge in [0.2, 0.25) is 0 Å². The molecule has 1 aromatic rings. The molecule has 1 heterocycles. The Morgan fingerprint density at radius 2 is 2.00 bits per heavy atom. The summed E-state index contributed by atoms with van der Waals surface area (Å²) in [5.41, 5.74) is 6.57. The molecule has 0 fully saturated rings. The zero-order valence-electron chi connectivity index (χ0n) is 11.6. The summed E-state index contributed by atoms with van der Waals surface area (Å²) in [5, 5.41) is 0.606. The van der Waals surface area contributed by atoms with Crippen LogP contribution in [0.25, 0.3) is 0 Å². The van der Waals surface area contributed by atoms with E-state index in [1.165, 1.54) is 0 Å². The molecule has 0 amide bonds. The third kappa shape index (κ3) is 5.32. The first-order valence-electron chi connectivity index (χ1n) is 6.30. The van der Waals surface area contributed by atoms with E-state index in [-0.39, 0.29) is 0 Å². The van der Waals surface area contributed by atoms with Gasteiger partial charge in [-0.05, 0) is 18.1 Å². The minimum Gasteiger partial charge on any atom is -0.385 e. The van der Waals surface area contributed by atoms with Gasteiger partial charge in [-0.25, -0.2) is 4.98 Å². The normalized spacial score (nSPS) is 10.7. The fraction of sp³-hybridized carbons (Fsp3) is 0.615. The first-order chi connectivity index (χ1) is 9.22. The number of rotatable bonds is 9. The van der Waals surface area contributed by atoms with E-state index < -0.39 is 0 Å². The summed E-state index contributed by atoms with van der Waals surface area (Å²) in [7, 11) is 3.39.